The van der Waals surface area contributed by atoms with Crippen LogP contribution in [0.5, 0.6) is 5.75 Å². The Bertz CT molecular complexity index is 418. The molecule has 1 N–H and O–H groups in total. The van der Waals surface area contributed by atoms with Gasteiger partial charge in [-0.3, -0.25) is 0 Å². The van der Waals surface area contributed by atoms with Crippen LogP contribution < -0.4 is 10.1 Å². The summed E-state index contributed by atoms with van der Waals surface area (Å²) < 4.78 is 29.2. The van der Waals surface area contributed by atoms with Crippen molar-refractivity contribution >= 4 is 0 Å². The molecule has 1 fully saturated rings. The molecule has 1 aromatic carbocycles. The van der Waals surface area contributed by atoms with Gasteiger partial charge in [-0.25, -0.2) is 0 Å². The number of halogens is 2. The average molecular weight is 239 g/mol. The fraction of sp³-hybridized carbons (Fsp3) is 0.538. The van der Waals surface area contributed by atoms with Gasteiger partial charge < -0.3 is 10.1 Å². The molecule has 1 aromatic rings. The quantitative estimate of drug-likeness (QED) is 0.875. The third kappa shape index (κ3) is 2.14. The first kappa shape index (κ1) is 11.0. The van der Waals surface area contributed by atoms with Crippen molar-refractivity contribution in [2.24, 2.45) is 5.92 Å². The van der Waals surface area contributed by atoms with Crippen molar-refractivity contribution < 1.29 is 13.5 Å². The fourth-order valence-corrected chi connectivity index (χ4v) is 2.66. The van der Waals surface area contributed by atoms with E-state index in [1.54, 1.807) is 12.1 Å². The Balaban J connectivity index is 1.94. The second-order valence-corrected chi connectivity index (χ2v) is 4.72. The third-order valence-electron chi connectivity index (χ3n) is 3.55. The molecule has 2 aliphatic rings. The molecular formula is C13H15F2NO. The molecule has 1 aliphatic heterocycles. The van der Waals surface area contributed by atoms with Gasteiger partial charge in [0.2, 0.25) is 0 Å². The highest BCUT2D eigenvalue weighted by atomic mass is 19.3. The molecular weight excluding hydrogens is 224 g/mol. The summed E-state index contributed by atoms with van der Waals surface area (Å²) in [5.41, 5.74) is 2.11. The highest BCUT2D eigenvalue weighted by Crippen LogP contribution is 2.44. The third-order valence-corrected chi connectivity index (χ3v) is 3.55. The Morgan fingerprint density at radius 3 is 2.82 bits per heavy atom. The average Bonchev–Trinajstić information content (AvgIpc) is 3.12. The molecule has 1 atom stereocenters. The van der Waals surface area contributed by atoms with E-state index in [4.69, 9.17) is 0 Å². The smallest absolute Gasteiger partial charge is 0.387 e. The Kier molecular flexibility index (Phi) is 2.74. The number of fused-ring (bicyclic) bond motifs is 1. The summed E-state index contributed by atoms with van der Waals surface area (Å²) in [5, 5.41) is 3.47. The Labute approximate surface area is 99.0 Å². The van der Waals surface area contributed by atoms with Crippen LogP contribution in [0.2, 0.25) is 0 Å². The highest BCUT2D eigenvalue weighted by Gasteiger charge is 2.35. The molecule has 1 unspecified atom stereocenters. The van der Waals surface area contributed by atoms with Gasteiger partial charge in [0.05, 0.1) is 0 Å². The molecule has 0 saturated heterocycles. The van der Waals surface area contributed by atoms with Crippen LogP contribution in [-0.2, 0) is 6.42 Å². The molecule has 0 spiro atoms. The molecule has 2 nitrogen and oxygen atoms in total. The standard InChI is InChI=1S/C13H15F2NO/c14-13(15)17-11-3-1-2-10-9(11)6-7-16-12(10)8-4-5-8/h1-3,8,12-13,16H,4-7H2. The summed E-state index contributed by atoms with van der Waals surface area (Å²) in [5.74, 6) is 1.03. The number of hydrogen-bond acceptors (Lipinski definition) is 2. The number of rotatable bonds is 3. The van der Waals surface area contributed by atoms with Gasteiger partial charge in [0.15, 0.2) is 0 Å². The summed E-state index contributed by atoms with van der Waals surface area (Å²) >= 11 is 0. The predicted octanol–water partition coefficient (Wildman–Crippen LogP) is 2.88. The molecule has 1 saturated carbocycles. The van der Waals surface area contributed by atoms with Gasteiger partial charge in [-0.05, 0) is 43.4 Å². The highest BCUT2D eigenvalue weighted by molar-refractivity contribution is 5.44. The van der Waals surface area contributed by atoms with Crippen molar-refractivity contribution in [1.29, 1.82) is 0 Å². The molecule has 1 aliphatic carbocycles. The van der Waals surface area contributed by atoms with Gasteiger partial charge in [0.1, 0.15) is 5.75 Å². The van der Waals surface area contributed by atoms with E-state index in [0.717, 1.165) is 24.1 Å². The molecule has 17 heavy (non-hydrogen) atoms. The van der Waals surface area contributed by atoms with Crippen LogP contribution in [0, 0.1) is 5.92 Å². The lowest BCUT2D eigenvalue weighted by Gasteiger charge is -2.28. The topological polar surface area (TPSA) is 21.3 Å². The second kappa shape index (κ2) is 4.26. The van der Waals surface area contributed by atoms with E-state index in [2.05, 4.69) is 10.1 Å². The molecule has 4 heteroatoms. The second-order valence-electron chi connectivity index (χ2n) is 4.72. The number of nitrogens with one attached hydrogen (secondary N) is 1. The van der Waals surface area contributed by atoms with Crippen LogP contribution >= 0.6 is 0 Å². The van der Waals surface area contributed by atoms with E-state index >= 15 is 0 Å². The van der Waals surface area contributed by atoms with E-state index in [9.17, 15) is 8.78 Å². The van der Waals surface area contributed by atoms with Gasteiger partial charge in [-0.15, -0.1) is 0 Å². The minimum Gasteiger partial charge on any atom is -0.435 e. The lowest BCUT2D eigenvalue weighted by molar-refractivity contribution is -0.0506. The summed E-state index contributed by atoms with van der Waals surface area (Å²) in [7, 11) is 0. The van der Waals surface area contributed by atoms with Crippen LogP contribution in [0.1, 0.15) is 30.0 Å². The van der Waals surface area contributed by atoms with Gasteiger partial charge >= 0.3 is 6.61 Å². The van der Waals surface area contributed by atoms with E-state index in [-0.39, 0.29) is 0 Å². The molecule has 0 aromatic heterocycles. The number of alkyl halides is 2. The van der Waals surface area contributed by atoms with E-state index in [1.165, 1.54) is 12.8 Å². The van der Waals surface area contributed by atoms with Crippen LogP contribution in [0.15, 0.2) is 18.2 Å². The Morgan fingerprint density at radius 2 is 2.12 bits per heavy atom. The van der Waals surface area contributed by atoms with Crippen LogP contribution in [0.4, 0.5) is 8.78 Å². The monoisotopic (exact) mass is 239 g/mol. The predicted molar refractivity (Wildman–Crippen MR) is 60.2 cm³/mol. The largest absolute Gasteiger partial charge is 0.435 e. The zero-order chi connectivity index (χ0) is 11.8. The molecule has 92 valence electrons. The summed E-state index contributed by atoms with van der Waals surface area (Å²) in [6, 6.07) is 5.81. The van der Waals surface area contributed by atoms with Crippen LogP contribution in [0.3, 0.4) is 0 Å². The summed E-state index contributed by atoms with van der Waals surface area (Å²) in [6.07, 6.45) is 3.23. The number of hydrogen-bond donors (Lipinski definition) is 1. The zero-order valence-corrected chi connectivity index (χ0v) is 9.46. The maximum absolute atomic E-state index is 12.3. The van der Waals surface area contributed by atoms with E-state index in [1.807, 2.05) is 6.07 Å². The van der Waals surface area contributed by atoms with Gasteiger partial charge in [-0.1, -0.05) is 12.1 Å². The first-order valence-corrected chi connectivity index (χ1v) is 6.05. The molecule has 1 heterocycles. The van der Waals surface area contributed by atoms with Crippen molar-refractivity contribution in [3.8, 4) is 5.75 Å². The Morgan fingerprint density at radius 1 is 1.29 bits per heavy atom. The van der Waals surface area contributed by atoms with Crippen molar-refractivity contribution in [1.82, 2.24) is 5.32 Å². The maximum atomic E-state index is 12.3. The first-order valence-electron chi connectivity index (χ1n) is 6.05. The number of benzene rings is 1. The van der Waals surface area contributed by atoms with Crippen LogP contribution in [-0.4, -0.2) is 13.2 Å². The molecule has 3 rings (SSSR count). The van der Waals surface area contributed by atoms with Gasteiger partial charge in [0.25, 0.3) is 0 Å². The number of ether oxygens (including phenoxy) is 1. The minimum absolute atomic E-state index is 0.333. The van der Waals surface area contributed by atoms with Crippen molar-refractivity contribution in [2.75, 3.05) is 6.54 Å². The summed E-state index contributed by atoms with van der Waals surface area (Å²) in [4.78, 5) is 0. The van der Waals surface area contributed by atoms with E-state index in [0.29, 0.717) is 17.7 Å². The molecule has 0 bridgehead atoms. The van der Waals surface area contributed by atoms with E-state index < -0.39 is 6.61 Å². The zero-order valence-electron chi connectivity index (χ0n) is 9.46. The van der Waals surface area contributed by atoms with Crippen LogP contribution in [0.25, 0.3) is 0 Å². The van der Waals surface area contributed by atoms with Gasteiger partial charge in [-0.2, -0.15) is 8.78 Å². The lowest BCUT2D eigenvalue weighted by atomic mass is 9.91. The van der Waals surface area contributed by atoms with Crippen molar-refractivity contribution in [3.05, 3.63) is 29.3 Å². The Hall–Kier alpha value is -1.16. The first-order chi connectivity index (χ1) is 8.25. The maximum Gasteiger partial charge on any atom is 0.387 e. The molecule has 0 amide bonds. The SMILES string of the molecule is FC(F)Oc1cccc2c1CCNC2C1CC1. The van der Waals surface area contributed by atoms with Crippen molar-refractivity contribution in [3.63, 3.8) is 0 Å². The lowest BCUT2D eigenvalue weighted by Crippen LogP contribution is -2.31. The fourth-order valence-electron chi connectivity index (χ4n) is 2.66. The van der Waals surface area contributed by atoms with Crippen molar-refractivity contribution in [2.45, 2.75) is 31.9 Å². The normalized spacial score (nSPS) is 23.6. The van der Waals surface area contributed by atoms with Gasteiger partial charge in [0, 0.05) is 11.6 Å². The molecule has 0 radical (unpaired) electrons. The minimum atomic E-state index is -2.74. The summed E-state index contributed by atoms with van der Waals surface area (Å²) in [6.45, 7) is -1.90.